The summed E-state index contributed by atoms with van der Waals surface area (Å²) in [6.45, 7) is -0.670. The third kappa shape index (κ3) is 3.43. The van der Waals surface area contributed by atoms with Crippen molar-refractivity contribution in [1.82, 2.24) is 4.90 Å². The summed E-state index contributed by atoms with van der Waals surface area (Å²) in [5, 5.41) is 7.47. The first-order chi connectivity index (χ1) is 10.9. The van der Waals surface area contributed by atoms with E-state index in [9.17, 15) is 18.0 Å². The maximum atomic E-state index is 12.6. The molecule has 1 aromatic carbocycles. The Morgan fingerprint density at radius 2 is 2.00 bits per heavy atom. The molecule has 1 heterocycles. The summed E-state index contributed by atoms with van der Waals surface area (Å²) < 4.78 is 29.9. The molecule has 1 aliphatic heterocycles. The van der Waals surface area contributed by atoms with E-state index in [-0.39, 0.29) is 17.9 Å². The maximum Gasteiger partial charge on any atom is 0.330 e. The van der Waals surface area contributed by atoms with Crippen molar-refractivity contribution in [2.45, 2.75) is 22.6 Å². The van der Waals surface area contributed by atoms with Crippen LogP contribution >= 0.6 is 0 Å². The highest BCUT2D eigenvalue weighted by molar-refractivity contribution is 7.92. The normalized spacial score (nSPS) is 20.7. The van der Waals surface area contributed by atoms with Gasteiger partial charge in [-0.2, -0.15) is 5.26 Å². The Kier molecular flexibility index (Phi) is 4.86. The Hall–Kier alpha value is -2.60. The number of ether oxygens (including phenoxy) is 1. The van der Waals surface area contributed by atoms with Crippen molar-refractivity contribution in [3.8, 4) is 6.07 Å². The van der Waals surface area contributed by atoms with E-state index in [1.54, 1.807) is 24.3 Å². The molecule has 0 saturated carbocycles. The lowest BCUT2D eigenvalue weighted by atomic mass is 10.2. The van der Waals surface area contributed by atoms with E-state index in [1.165, 1.54) is 12.1 Å². The van der Waals surface area contributed by atoms with Crippen LogP contribution in [0, 0.1) is 11.3 Å². The van der Waals surface area contributed by atoms with Gasteiger partial charge in [0.2, 0.25) is 0 Å². The van der Waals surface area contributed by atoms with Crippen molar-refractivity contribution < 1.29 is 22.7 Å². The summed E-state index contributed by atoms with van der Waals surface area (Å²) in [5.74, 6) is -0.837. The average Bonchev–Trinajstić information content (AvgIpc) is 3.00. The minimum absolute atomic E-state index is 0.112. The van der Waals surface area contributed by atoms with Crippen molar-refractivity contribution in [3.63, 3.8) is 0 Å². The molecule has 0 radical (unpaired) electrons. The second-order valence-electron chi connectivity index (χ2n) is 4.99. The van der Waals surface area contributed by atoms with Gasteiger partial charge in [-0.05, 0) is 18.6 Å². The summed E-state index contributed by atoms with van der Waals surface area (Å²) in [5.41, 5.74) is 5.22. The number of esters is 1. The van der Waals surface area contributed by atoms with Crippen LogP contribution in [0.3, 0.4) is 0 Å². The van der Waals surface area contributed by atoms with E-state index < -0.39 is 39.7 Å². The van der Waals surface area contributed by atoms with Gasteiger partial charge >= 0.3 is 12.0 Å². The molecule has 2 atom stereocenters. The number of nitrogens with zero attached hydrogens (tertiary/aromatic N) is 2. The summed E-state index contributed by atoms with van der Waals surface area (Å²) in [4.78, 5) is 24.5. The lowest BCUT2D eigenvalue weighted by Crippen LogP contribution is -2.44. The van der Waals surface area contributed by atoms with Crippen LogP contribution in [0.25, 0.3) is 0 Å². The second kappa shape index (κ2) is 6.66. The number of carbonyl (C=O) groups is 2. The van der Waals surface area contributed by atoms with Crippen LogP contribution in [-0.4, -0.2) is 49.8 Å². The number of amides is 2. The largest absolute Gasteiger partial charge is 0.449 e. The zero-order valence-corrected chi connectivity index (χ0v) is 12.9. The third-order valence-corrected chi connectivity index (χ3v) is 5.76. The van der Waals surface area contributed by atoms with E-state index >= 15 is 0 Å². The molecule has 1 aliphatic rings. The molecule has 1 saturated heterocycles. The summed E-state index contributed by atoms with van der Waals surface area (Å²) in [6.07, 6.45) is -0.121. The van der Waals surface area contributed by atoms with Gasteiger partial charge in [0.15, 0.2) is 16.4 Å². The molecule has 2 amide bonds. The number of urea groups is 1. The third-order valence-electron chi connectivity index (χ3n) is 3.61. The van der Waals surface area contributed by atoms with Gasteiger partial charge in [0.05, 0.1) is 10.1 Å². The number of hydrogen-bond donors (Lipinski definition) is 1. The SMILES string of the molecule is N#CCOC(=O)[C@@H]1C[C@@H](S(=O)(=O)c2ccccc2)CN1C(N)=O. The molecule has 1 aromatic rings. The molecule has 0 spiro atoms. The second-order valence-corrected chi connectivity index (χ2v) is 7.22. The number of likely N-dealkylation sites (tertiary alicyclic amines) is 1. The van der Waals surface area contributed by atoms with Gasteiger partial charge in [-0.25, -0.2) is 18.0 Å². The predicted octanol–water partition coefficient (Wildman–Crippen LogP) is 0.0487. The number of rotatable bonds is 4. The van der Waals surface area contributed by atoms with Crippen molar-refractivity contribution in [2.75, 3.05) is 13.2 Å². The lowest BCUT2D eigenvalue weighted by Gasteiger charge is -2.19. The van der Waals surface area contributed by atoms with Crippen molar-refractivity contribution >= 4 is 21.8 Å². The topological polar surface area (TPSA) is 131 Å². The van der Waals surface area contributed by atoms with Crippen LogP contribution < -0.4 is 5.73 Å². The minimum atomic E-state index is -3.71. The molecule has 0 unspecified atom stereocenters. The van der Waals surface area contributed by atoms with E-state index in [0.717, 1.165) is 4.90 Å². The molecule has 23 heavy (non-hydrogen) atoms. The number of benzene rings is 1. The Bertz CT molecular complexity index is 741. The quantitative estimate of drug-likeness (QED) is 0.772. The van der Waals surface area contributed by atoms with Crippen molar-refractivity contribution in [2.24, 2.45) is 5.73 Å². The molecule has 2 N–H and O–H groups in total. The fraction of sp³-hybridized carbons (Fsp3) is 0.357. The highest BCUT2D eigenvalue weighted by atomic mass is 32.2. The maximum absolute atomic E-state index is 12.6. The number of hydrogen-bond acceptors (Lipinski definition) is 6. The molecule has 8 nitrogen and oxygen atoms in total. The monoisotopic (exact) mass is 337 g/mol. The van der Waals surface area contributed by atoms with Crippen LogP contribution in [0.1, 0.15) is 6.42 Å². The van der Waals surface area contributed by atoms with Gasteiger partial charge in [-0.15, -0.1) is 0 Å². The molecule has 0 aliphatic carbocycles. The Morgan fingerprint density at radius 1 is 1.35 bits per heavy atom. The molecule has 9 heteroatoms. The molecule has 2 rings (SSSR count). The molecular weight excluding hydrogens is 322 g/mol. The fourth-order valence-electron chi connectivity index (χ4n) is 2.49. The van der Waals surface area contributed by atoms with E-state index in [2.05, 4.69) is 4.74 Å². The van der Waals surface area contributed by atoms with Crippen LogP contribution in [0.4, 0.5) is 4.79 Å². The van der Waals surface area contributed by atoms with Gasteiger partial charge < -0.3 is 15.4 Å². The minimum Gasteiger partial charge on any atom is -0.449 e. The molecule has 1 fully saturated rings. The van der Waals surface area contributed by atoms with E-state index in [4.69, 9.17) is 11.0 Å². The van der Waals surface area contributed by atoms with Gasteiger partial charge in [0.25, 0.3) is 0 Å². The molecule has 0 aromatic heterocycles. The first-order valence-corrected chi connectivity index (χ1v) is 8.31. The number of sulfone groups is 1. The van der Waals surface area contributed by atoms with Crippen molar-refractivity contribution in [1.29, 1.82) is 5.26 Å². The molecule has 122 valence electrons. The number of nitriles is 1. The Morgan fingerprint density at radius 3 is 2.57 bits per heavy atom. The highest BCUT2D eigenvalue weighted by Gasteiger charge is 2.45. The van der Waals surface area contributed by atoms with Gasteiger partial charge in [0, 0.05) is 6.54 Å². The van der Waals surface area contributed by atoms with Gasteiger partial charge in [-0.3, -0.25) is 0 Å². The summed E-state index contributed by atoms with van der Waals surface area (Å²) >= 11 is 0. The van der Waals surface area contributed by atoms with Gasteiger partial charge in [0.1, 0.15) is 12.1 Å². The van der Waals surface area contributed by atoms with Crippen LogP contribution in [-0.2, 0) is 19.4 Å². The van der Waals surface area contributed by atoms with Crippen LogP contribution in [0.2, 0.25) is 0 Å². The number of primary amides is 1. The zero-order valence-electron chi connectivity index (χ0n) is 12.1. The Balaban J connectivity index is 2.25. The van der Waals surface area contributed by atoms with Crippen LogP contribution in [0.5, 0.6) is 0 Å². The summed E-state index contributed by atoms with van der Waals surface area (Å²) in [7, 11) is -3.71. The fourth-order valence-corrected chi connectivity index (χ4v) is 4.21. The number of nitrogens with two attached hydrogens (primary N) is 1. The standard InChI is InChI=1S/C14H15N3O5S/c15-6-7-22-13(18)12-8-11(9-17(12)14(16)19)23(20,21)10-4-2-1-3-5-10/h1-5,11-12H,7-9H2,(H2,16,19)/t11-,12+/m1/s1. The smallest absolute Gasteiger partial charge is 0.330 e. The zero-order chi connectivity index (χ0) is 17.0. The average molecular weight is 337 g/mol. The molecule has 0 bridgehead atoms. The van der Waals surface area contributed by atoms with Crippen molar-refractivity contribution in [3.05, 3.63) is 30.3 Å². The first kappa shape index (κ1) is 16.8. The summed E-state index contributed by atoms with van der Waals surface area (Å²) in [6, 6.07) is 7.39. The van der Waals surface area contributed by atoms with Gasteiger partial charge in [-0.1, -0.05) is 18.2 Å². The predicted molar refractivity (Wildman–Crippen MR) is 78.7 cm³/mol. The number of carbonyl (C=O) groups excluding carboxylic acids is 2. The van der Waals surface area contributed by atoms with E-state index in [0.29, 0.717) is 0 Å². The lowest BCUT2D eigenvalue weighted by molar-refractivity contribution is -0.146. The Labute approximate surface area is 133 Å². The van der Waals surface area contributed by atoms with Crippen LogP contribution in [0.15, 0.2) is 35.2 Å². The highest BCUT2D eigenvalue weighted by Crippen LogP contribution is 2.28. The molecular formula is C14H15N3O5S. The van der Waals surface area contributed by atoms with E-state index in [1.807, 2.05) is 0 Å². The first-order valence-electron chi connectivity index (χ1n) is 6.76.